The zero-order chi connectivity index (χ0) is 17.3. The molecule has 1 unspecified atom stereocenters. The Balaban J connectivity index is 1.69. The van der Waals surface area contributed by atoms with Crippen LogP contribution in [0, 0.1) is 6.92 Å². The number of amides is 2. The molecule has 1 aromatic heterocycles. The predicted octanol–water partition coefficient (Wildman–Crippen LogP) is 2.17. The van der Waals surface area contributed by atoms with Crippen LogP contribution in [0.4, 0.5) is 0 Å². The van der Waals surface area contributed by atoms with Crippen molar-refractivity contribution >= 4 is 34.5 Å². The molecule has 2 aromatic rings. The number of rotatable bonds is 3. The molecule has 24 heavy (non-hydrogen) atoms. The first-order chi connectivity index (χ1) is 11.4. The Bertz CT molecular complexity index is 804. The molecule has 0 saturated carbocycles. The van der Waals surface area contributed by atoms with Gasteiger partial charge in [-0.15, -0.1) is 11.8 Å². The third kappa shape index (κ3) is 3.24. The van der Waals surface area contributed by atoms with E-state index in [1.165, 1.54) is 11.8 Å². The summed E-state index contributed by atoms with van der Waals surface area (Å²) in [6.07, 6.45) is 1.77. The van der Waals surface area contributed by atoms with Gasteiger partial charge in [-0.1, -0.05) is 18.2 Å². The minimum Gasteiger partial charge on any atom is -0.350 e. The largest absolute Gasteiger partial charge is 0.350 e. The summed E-state index contributed by atoms with van der Waals surface area (Å²) in [6.45, 7) is 6.18. The van der Waals surface area contributed by atoms with Crippen LogP contribution >= 0.6 is 11.8 Å². The summed E-state index contributed by atoms with van der Waals surface area (Å²) in [7, 11) is 0. The topological polar surface area (TPSA) is 71.1 Å². The van der Waals surface area contributed by atoms with Gasteiger partial charge in [0.2, 0.25) is 11.8 Å². The standard InChI is InChI=1S/C18H21N3O2S/c1-11-6-7-12(13-5-4-8-19-15(11)13)9-20-16(22)14-10-24-18(2,3)17(23)21-14/h4-8,14H,9-10H2,1-3H3,(H,20,22)(H,21,23). The third-order valence-electron chi connectivity index (χ3n) is 4.29. The number of hydrogen-bond donors (Lipinski definition) is 2. The van der Waals surface area contributed by atoms with Gasteiger partial charge in [-0.3, -0.25) is 14.6 Å². The molecule has 1 atom stereocenters. The molecular formula is C18H21N3O2S. The van der Waals surface area contributed by atoms with Crippen molar-refractivity contribution in [2.75, 3.05) is 5.75 Å². The van der Waals surface area contributed by atoms with E-state index in [2.05, 4.69) is 15.6 Å². The Labute approximate surface area is 145 Å². The Morgan fingerprint density at radius 2 is 2.21 bits per heavy atom. The van der Waals surface area contributed by atoms with E-state index in [0.717, 1.165) is 22.0 Å². The monoisotopic (exact) mass is 343 g/mol. The number of thioether (sulfide) groups is 1. The number of nitrogens with one attached hydrogen (secondary N) is 2. The zero-order valence-electron chi connectivity index (χ0n) is 14.1. The Morgan fingerprint density at radius 3 is 2.96 bits per heavy atom. The van der Waals surface area contributed by atoms with Gasteiger partial charge in [0, 0.05) is 23.9 Å². The summed E-state index contributed by atoms with van der Waals surface area (Å²) in [4.78, 5) is 28.8. The van der Waals surface area contributed by atoms with Crippen LogP contribution in [0.3, 0.4) is 0 Å². The smallest absolute Gasteiger partial charge is 0.243 e. The molecule has 1 aliphatic heterocycles. The van der Waals surface area contributed by atoms with Gasteiger partial charge in [-0.05, 0) is 38.0 Å². The number of aryl methyl sites for hydroxylation is 1. The highest BCUT2D eigenvalue weighted by Crippen LogP contribution is 2.29. The fourth-order valence-electron chi connectivity index (χ4n) is 2.70. The first-order valence-electron chi connectivity index (χ1n) is 7.94. The number of hydrogen-bond acceptors (Lipinski definition) is 4. The summed E-state index contributed by atoms with van der Waals surface area (Å²) >= 11 is 1.51. The lowest BCUT2D eigenvalue weighted by molar-refractivity contribution is -0.129. The number of carbonyl (C=O) groups is 2. The molecule has 3 rings (SSSR count). The van der Waals surface area contributed by atoms with Gasteiger partial charge in [0.05, 0.1) is 10.3 Å². The lowest BCUT2D eigenvalue weighted by atomic mass is 10.0. The molecule has 0 aliphatic carbocycles. The van der Waals surface area contributed by atoms with Gasteiger partial charge in [0.25, 0.3) is 0 Å². The lowest BCUT2D eigenvalue weighted by Crippen LogP contribution is -2.57. The highest BCUT2D eigenvalue weighted by Gasteiger charge is 2.37. The summed E-state index contributed by atoms with van der Waals surface area (Å²) in [5.41, 5.74) is 3.08. The van der Waals surface area contributed by atoms with Crippen molar-refractivity contribution in [1.29, 1.82) is 0 Å². The molecule has 2 heterocycles. The van der Waals surface area contributed by atoms with Crippen molar-refractivity contribution in [2.45, 2.75) is 38.1 Å². The van der Waals surface area contributed by atoms with E-state index in [4.69, 9.17) is 0 Å². The fourth-order valence-corrected chi connectivity index (χ4v) is 3.71. The van der Waals surface area contributed by atoms with Crippen LogP contribution in [-0.4, -0.2) is 33.3 Å². The van der Waals surface area contributed by atoms with Gasteiger partial charge in [-0.25, -0.2) is 0 Å². The van der Waals surface area contributed by atoms with Crippen LogP contribution in [0.25, 0.3) is 10.9 Å². The maximum Gasteiger partial charge on any atom is 0.243 e. The van der Waals surface area contributed by atoms with E-state index < -0.39 is 10.8 Å². The minimum atomic E-state index is -0.481. The lowest BCUT2D eigenvalue weighted by Gasteiger charge is -2.32. The molecule has 1 aromatic carbocycles. The first-order valence-corrected chi connectivity index (χ1v) is 8.93. The number of nitrogens with zero attached hydrogens (tertiary/aromatic N) is 1. The van der Waals surface area contributed by atoms with Gasteiger partial charge in [0.1, 0.15) is 6.04 Å². The Morgan fingerprint density at radius 1 is 1.42 bits per heavy atom. The van der Waals surface area contributed by atoms with Crippen LogP contribution in [-0.2, 0) is 16.1 Å². The van der Waals surface area contributed by atoms with E-state index in [-0.39, 0.29) is 11.8 Å². The van der Waals surface area contributed by atoms with Gasteiger partial charge >= 0.3 is 0 Å². The molecular weight excluding hydrogens is 322 g/mol. The molecule has 5 nitrogen and oxygen atoms in total. The average Bonchev–Trinajstić information content (AvgIpc) is 2.57. The maximum absolute atomic E-state index is 12.4. The van der Waals surface area contributed by atoms with E-state index in [0.29, 0.717) is 12.3 Å². The number of pyridine rings is 1. The molecule has 0 radical (unpaired) electrons. The van der Waals surface area contributed by atoms with Crippen molar-refractivity contribution in [3.05, 3.63) is 41.6 Å². The van der Waals surface area contributed by atoms with Gasteiger partial charge in [-0.2, -0.15) is 0 Å². The number of benzene rings is 1. The molecule has 1 saturated heterocycles. The molecule has 0 bridgehead atoms. The van der Waals surface area contributed by atoms with Crippen molar-refractivity contribution in [3.63, 3.8) is 0 Å². The van der Waals surface area contributed by atoms with Crippen molar-refractivity contribution < 1.29 is 9.59 Å². The average molecular weight is 343 g/mol. The van der Waals surface area contributed by atoms with Crippen LogP contribution < -0.4 is 10.6 Å². The van der Waals surface area contributed by atoms with Crippen LogP contribution in [0.15, 0.2) is 30.5 Å². The van der Waals surface area contributed by atoms with E-state index >= 15 is 0 Å². The SMILES string of the molecule is Cc1ccc(CNC(=O)C2CSC(C)(C)C(=O)N2)c2cccnc12. The van der Waals surface area contributed by atoms with Crippen LogP contribution in [0.5, 0.6) is 0 Å². The minimum absolute atomic E-state index is 0.0936. The second-order valence-corrected chi connectivity index (χ2v) is 8.15. The normalized spacial score (nSPS) is 19.8. The Hall–Kier alpha value is -2.08. The number of aromatic nitrogens is 1. The summed E-state index contributed by atoms with van der Waals surface area (Å²) < 4.78 is -0.477. The van der Waals surface area contributed by atoms with Crippen molar-refractivity contribution in [2.24, 2.45) is 0 Å². The fraction of sp³-hybridized carbons (Fsp3) is 0.389. The number of carbonyl (C=O) groups excluding carboxylic acids is 2. The highest BCUT2D eigenvalue weighted by atomic mass is 32.2. The first kappa shape index (κ1) is 16.8. The summed E-state index contributed by atoms with van der Waals surface area (Å²) in [6, 6.07) is 7.45. The second kappa shape index (κ2) is 6.43. The summed E-state index contributed by atoms with van der Waals surface area (Å²) in [5.74, 6) is 0.341. The molecule has 1 fully saturated rings. The molecule has 6 heteroatoms. The quantitative estimate of drug-likeness (QED) is 0.896. The third-order valence-corrected chi connectivity index (χ3v) is 5.70. The highest BCUT2D eigenvalue weighted by molar-refractivity contribution is 8.01. The molecule has 2 amide bonds. The van der Waals surface area contributed by atoms with Crippen molar-refractivity contribution in [3.8, 4) is 0 Å². The van der Waals surface area contributed by atoms with Crippen LogP contribution in [0.1, 0.15) is 25.0 Å². The molecule has 126 valence electrons. The van der Waals surface area contributed by atoms with Crippen LogP contribution in [0.2, 0.25) is 0 Å². The second-order valence-electron chi connectivity index (χ2n) is 6.51. The predicted molar refractivity (Wildman–Crippen MR) is 96.8 cm³/mol. The summed E-state index contributed by atoms with van der Waals surface area (Å²) in [5, 5.41) is 6.78. The Kier molecular flexibility index (Phi) is 4.49. The van der Waals surface area contributed by atoms with E-state index in [1.807, 2.05) is 45.0 Å². The van der Waals surface area contributed by atoms with E-state index in [9.17, 15) is 9.59 Å². The molecule has 1 aliphatic rings. The molecule has 2 N–H and O–H groups in total. The van der Waals surface area contributed by atoms with Gasteiger partial charge in [0.15, 0.2) is 0 Å². The maximum atomic E-state index is 12.4. The number of fused-ring (bicyclic) bond motifs is 1. The van der Waals surface area contributed by atoms with E-state index in [1.54, 1.807) is 6.20 Å². The molecule has 0 spiro atoms. The van der Waals surface area contributed by atoms with Gasteiger partial charge < -0.3 is 10.6 Å². The van der Waals surface area contributed by atoms with Crippen molar-refractivity contribution in [1.82, 2.24) is 15.6 Å². The zero-order valence-corrected chi connectivity index (χ0v) is 14.9.